The molecule has 0 spiro atoms. The molecule has 112 valence electrons. The highest BCUT2D eigenvalue weighted by molar-refractivity contribution is 8.14. The predicted molar refractivity (Wildman–Crippen MR) is 87.4 cm³/mol. The van der Waals surface area contributed by atoms with E-state index in [0.29, 0.717) is 18.6 Å². The molecule has 1 aromatic carbocycles. The monoisotopic (exact) mass is 326 g/mol. The first-order chi connectivity index (χ1) is 10.1. The third-order valence-corrected chi connectivity index (χ3v) is 5.35. The van der Waals surface area contributed by atoms with E-state index in [9.17, 15) is 13.6 Å². The molecule has 0 bridgehead atoms. The van der Waals surface area contributed by atoms with Gasteiger partial charge in [0.25, 0.3) is 6.08 Å². The molecule has 0 radical (unpaired) electrons. The van der Waals surface area contributed by atoms with Crippen LogP contribution in [0.2, 0.25) is 0 Å². The molecule has 0 fully saturated rings. The summed E-state index contributed by atoms with van der Waals surface area (Å²) in [5.74, 6) is 0.675. The zero-order valence-electron chi connectivity index (χ0n) is 11.7. The first kappa shape index (κ1) is 16.2. The van der Waals surface area contributed by atoms with Crippen LogP contribution in [0.5, 0.6) is 0 Å². The van der Waals surface area contributed by atoms with Crippen molar-refractivity contribution < 1.29 is 13.6 Å². The maximum Gasteiger partial charge on any atom is 0.269 e. The van der Waals surface area contributed by atoms with Crippen LogP contribution in [0, 0.1) is 0 Å². The van der Waals surface area contributed by atoms with Gasteiger partial charge in [0, 0.05) is 10.5 Å². The van der Waals surface area contributed by atoms with Crippen molar-refractivity contribution in [3.05, 3.63) is 46.9 Å². The van der Waals surface area contributed by atoms with Gasteiger partial charge in [0.2, 0.25) is 5.12 Å². The second-order valence-electron chi connectivity index (χ2n) is 4.78. The minimum absolute atomic E-state index is 0.0696. The van der Waals surface area contributed by atoms with E-state index < -0.39 is 6.08 Å². The van der Waals surface area contributed by atoms with Gasteiger partial charge in [0.1, 0.15) is 0 Å². The Kier molecular flexibility index (Phi) is 5.94. The molecular weight excluding hydrogens is 310 g/mol. The number of fused-ring (bicyclic) bond motifs is 1. The highest BCUT2D eigenvalue weighted by Gasteiger charge is 2.10. The molecule has 5 heteroatoms. The van der Waals surface area contributed by atoms with Gasteiger partial charge in [0.15, 0.2) is 0 Å². The van der Waals surface area contributed by atoms with E-state index in [4.69, 9.17) is 0 Å². The SMILES string of the molecule is CC(CCCCSC(=O)c1cc2ccccc2s1)=C(F)F. The minimum Gasteiger partial charge on any atom is -0.281 e. The van der Waals surface area contributed by atoms with Gasteiger partial charge in [-0.3, -0.25) is 4.79 Å². The van der Waals surface area contributed by atoms with Crippen molar-refractivity contribution in [1.29, 1.82) is 0 Å². The molecule has 1 nitrogen and oxygen atoms in total. The van der Waals surface area contributed by atoms with Crippen molar-refractivity contribution in [3.8, 4) is 0 Å². The maximum atomic E-state index is 12.2. The lowest BCUT2D eigenvalue weighted by molar-refractivity contribution is 0.109. The van der Waals surface area contributed by atoms with E-state index in [1.807, 2.05) is 30.3 Å². The van der Waals surface area contributed by atoms with Gasteiger partial charge < -0.3 is 0 Å². The molecule has 0 aliphatic rings. The van der Waals surface area contributed by atoms with Crippen molar-refractivity contribution in [3.63, 3.8) is 0 Å². The van der Waals surface area contributed by atoms with Gasteiger partial charge in [-0.05, 0) is 49.3 Å². The van der Waals surface area contributed by atoms with Gasteiger partial charge in [-0.1, -0.05) is 30.0 Å². The van der Waals surface area contributed by atoms with Gasteiger partial charge >= 0.3 is 0 Å². The summed E-state index contributed by atoms with van der Waals surface area (Å²) < 4.78 is 25.5. The number of benzene rings is 1. The van der Waals surface area contributed by atoms with E-state index in [-0.39, 0.29) is 10.7 Å². The average Bonchev–Trinajstić information content (AvgIpc) is 2.90. The van der Waals surface area contributed by atoms with E-state index in [2.05, 4.69) is 0 Å². The Balaban J connectivity index is 1.78. The normalized spacial score (nSPS) is 10.8. The number of hydrogen-bond donors (Lipinski definition) is 0. The van der Waals surface area contributed by atoms with E-state index in [0.717, 1.165) is 21.4 Å². The number of rotatable bonds is 6. The molecule has 2 rings (SSSR count). The molecule has 0 atom stereocenters. The van der Waals surface area contributed by atoms with Crippen LogP contribution in [-0.4, -0.2) is 10.9 Å². The summed E-state index contributed by atoms with van der Waals surface area (Å²) >= 11 is 2.77. The lowest BCUT2D eigenvalue weighted by Gasteiger charge is -2.00. The Hall–Kier alpha value is -1.20. The van der Waals surface area contributed by atoms with Crippen molar-refractivity contribution in [2.45, 2.75) is 26.2 Å². The Bertz CT molecular complexity index is 624. The third kappa shape index (κ3) is 4.64. The molecule has 0 unspecified atom stereocenters. The molecule has 1 aromatic heterocycles. The van der Waals surface area contributed by atoms with Crippen molar-refractivity contribution in [1.82, 2.24) is 0 Å². The Labute approximate surface area is 131 Å². The quantitative estimate of drug-likeness (QED) is 0.595. The fourth-order valence-electron chi connectivity index (χ4n) is 1.91. The molecule has 1 heterocycles. The molecule has 2 aromatic rings. The smallest absolute Gasteiger partial charge is 0.269 e. The van der Waals surface area contributed by atoms with Gasteiger partial charge in [-0.15, -0.1) is 11.3 Å². The summed E-state index contributed by atoms with van der Waals surface area (Å²) in [4.78, 5) is 12.8. The van der Waals surface area contributed by atoms with Gasteiger partial charge in [-0.25, -0.2) is 0 Å². The zero-order valence-corrected chi connectivity index (χ0v) is 13.3. The molecule has 0 saturated heterocycles. The Morgan fingerprint density at radius 1 is 1.24 bits per heavy atom. The molecule has 0 amide bonds. The van der Waals surface area contributed by atoms with Crippen LogP contribution >= 0.6 is 23.1 Å². The summed E-state index contributed by atoms with van der Waals surface area (Å²) in [6, 6.07) is 9.83. The standard InChI is InChI=1S/C16H16F2OS2/c1-11(15(17)18)6-4-5-9-20-16(19)14-10-12-7-2-3-8-13(12)21-14/h2-3,7-8,10H,4-6,9H2,1H3. The maximum absolute atomic E-state index is 12.2. The number of halogens is 2. The summed E-state index contributed by atoms with van der Waals surface area (Å²) in [7, 11) is 0. The van der Waals surface area contributed by atoms with Crippen molar-refractivity contribution in [2.24, 2.45) is 0 Å². The van der Waals surface area contributed by atoms with Crippen LogP contribution in [0.3, 0.4) is 0 Å². The minimum atomic E-state index is -1.58. The lowest BCUT2D eigenvalue weighted by atomic mass is 10.1. The van der Waals surface area contributed by atoms with E-state index in [1.54, 1.807) is 0 Å². The fourth-order valence-corrected chi connectivity index (χ4v) is 3.84. The third-order valence-electron chi connectivity index (χ3n) is 3.13. The van der Waals surface area contributed by atoms with Crippen LogP contribution in [0.1, 0.15) is 35.9 Å². The highest BCUT2D eigenvalue weighted by Crippen LogP contribution is 2.28. The van der Waals surface area contributed by atoms with Crippen molar-refractivity contribution in [2.75, 3.05) is 5.75 Å². The van der Waals surface area contributed by atoms with Gasteiger partial charge in [-0.2, -0.15) is 8.78 Å². The number of carbonyl (C=O) groups is 1. The number of thioether (sulfide) groups is 1. The first-order valence-corrected chi connectivity index (χ1v) is 8.54. The zero-order chi connectivity index (χ0) is 15.2. The van der Waals surface area contributed by atoms with Crippen molar-refractivity contribution >= 4 is 38.3 Å². The summed E-state index contributed by atoms with van der Waals surface area (Å²) in [5.41, 5.74) is 0.149. The summed E-state index contributed by atoms with van der Waals surface area (Å²) in [6.07, 6.45) is 0.283. The molecule has 0 aliphatic heterocycles. The second kappa shape index (κ2) is 7.71. The molecule has 0 aliphatic carbocycles. The van der Waals surface area contributed by atoms with Gasteiger partial charge in [0.05, 0.1) is 4.88 Å². The van der Waals surface area contributed by atoms with Crippen LogP contribution < -0.4 is 0 Å². The van der Waals surface area contributed by atoms with E-state index in [1.165, 1.54) is 30.0 Å². The summed E-state index contributed by atoms with van der Waals surface area (Å²) in [5, 5.41) is 1.16. The fraction of sp³-hybridized carbons (Fsp3) is 0.312. The average molecular weight is 326 g/mol. The number of carbonyl (C=O) groups excluding carboxylic acids is 1. The number of thiophene rings is 1. The number of allylic oxidation sites excluding steroid dienone is 1. The molecule has 0 saturated carbocycles. The first-order valence-electron chi connectivity index (χ1n) is 6.74. The highest BCUT2D eigenvalue weighted by atomic mass is 32.2. The number of unbranched alkanes of at least 4 members (excludes halogenated alkanes) is 1. The predicted octanol–water partition coefficient (Wildman–Crippen LogP) is 6.12. The molecule has 21 heavy (non-hydrogen) atoms. The van der Waals surface area contributed by atoms with Crippen LogP contribution in [-0.2, 0) is 0 Å². The molecular formula is C16H16F2OS2. The van der Waals surface area contributed by atoms with E-state index >= 15 is 0 Å². The summed E-state index contributed by atoms with van der Waals surface area (Å²) in [6.45, 7) is 1.45. The topological polar surface area (TPSA) is 17.1 Å². The Morgan fingerprint density at radius 3 is 2.71 bits per heavy atom. The largest absolute Gasteiger partial charge is 0.281 e. The second-order valence-corrected chi connectivity index (χ2v) is 6.93. The number of hydrogen-bond acceptors (Lipinski definition) is 3. The molecule has 0 N–H and O–H groups in total. The lowest BCUT2D eigenvalue weighted by Crippen LogP contribution is -1.92. The Morgan fingerprint density at radius 2 is 2.00 bits per heavy atom. The van der Waals surface area contributed by atoms with Crippen LogP contribution in [0.15, 0.2) is 42.0 Å². The van der Waals surface area contributed by atoms with Crippen LogP contribution in [0.25, 0.3) is 10.1 Å². The van der Waals surface area contributed by atoms with Crippen LogP contribution in [0.4, 0.5) is 8.78 Å².